The van der Waals surface area contributed by atoms with E-state index in [1.165, 1.54) is 12.1 Å². The Labute approximate surface area is 153 Å². The van der Waals surface area contributed by atoms with Crippen molar-refractivity contribution < 1.29 is 9.18 Å². The number of rotatable bonds is 7. The summed E-state index contributed by atoms with van der Waals surface area (Å²) in [5.41, 5.74) is 2.59. The summed E-state index contributed by atoms with van der Waals surface area (Å²) < 4.78 is 12.9. The van der Waals surface area contributed by atoms with Crippen LogP contribution < -0.4 is 16.0 Å². The Balaban J connectivity index is 1.87. The topological polar surface area (TPSA) is 65.5 Å². The van der Waals surface area contributed by atoms with Crippen LogP contribution in [0.1, 0.15) is 34.8 Å². The highest BCUT2D eigenvalue weighted by molar-refractivity contribution is 5.94. The first-order chi connectivity index (χ1) is 12.6. The first-order valence-corrected chi connectivity index (χ1v) is 8.68. The maximum Gasteiger partial charge on any atom is 0.251 e. The van der Waals surface area contributed by atoms with Crippen molar-refractivity contribution in [2.24, 2.45) is 4.99 Å². The number of carbonyl (C=O) groups excluding carboxylic acids is 1. The molecule has 0 bridgehead atoms. The van der Waals surface area contributed by atoms with Crippen molar-refractivity contribution in [3.8, 4) is 0 Å². The molecule has 1 amide bonds. The lowest BCUT2D eigenvalue weighted by Gasteiger charge is -2.12. The van der Waals surface area contributed by atoms with Crippen LogP contribution in [-0.4, -0.2) is 25.5 Å². The van der Waals surface area contributed by atoms with Gasteiger partial charge in [-0.15, -0.1) is 0 Å². The van der Waals surface area contributed by atoms with Crippen LogP contribution in [0.25, 0.3) is 0 Å². The van der Waals surface area contributed by atoms with Crippen molar-refractivity contribution in [2.75, 3.05) is 13.6 Å². The quantitative estimate of drug-likeness (QED) is 0.528. The van der Waals surface area contributed by atoms with Crippen molar-refractivity contribution in [1.29, 1.82) is 0 Å². The molecule has 0 fully saturated rings. The van der Waals surface area contributed by atoms with Gasteiger partial charge in [0.1, 0.15) is 5.82 Å². The fourth-order valence-electron chi connectivity index (χ4n) is 2.36. The third-order valence-electron chi connectivity index (χ3n) is 3.78. The zero-order valence-corrected chi connectivity index (χ0v) is 15.2. The molecule has 0 saturated carbocycles. The number of amides is 1. The second kappa shape index (κ2) is 10.2. The Hall–Kier alpha value is -2.89. The van der Waals surface area contributed by atoms with Crippen molar-refractivity contribution in [3.63, 3.8) is 0 Å². The normalized spacial score (nSPS) is 11.1. The molecule has 3 N–H and O–H groups in total. The number of nitrogens with zero attached hydrogens (tertiary/aromatic N) is 1. The van der Waals surface area contributed by atoms with Crippen LogP contribution in [0.3, 0.4) is 0 Å². The van der Waals surface area contributed by atoms with E-state index in [0.29, 0.717) is 31.2 Å². The van der Waals surface area contributed by atoms with Crippen LogP contribution in [0.15, 0.2) is 53.5 Å². The Kier molecular flexibility index (Phi) is 7.61. The lowest BCUT2D eigenvalue weighted by atomic mass is 10.1. The molecule has 0 unspecified atom stereocenters. The number of aliphatic imine (C=N–C) groups is 1. The maximum absolute atomic E-state index is 12.9. The van der Waals surface area contributed by atoms with Crippen molar-refractivity contribution in [2.45, 2.75) is 26.4 Å². The smallest absolute Gasteiger partial charge is 0.251 e. The van der Waals surface area contributed by atoms with Crippen LogP contribution in [-0.2, 0) is 13.1 Å². The first-order valence-electron chi connectivity index (χ1n) is 8.68. The predicted octanol–water partition coefficient (Wildman–Crippen LogP) is 2.83. The summed E-state index contributed by atoms with van der Waals surface area (Å²) in [6, 6.07) is 13.8. The summed E-state index contributed by atoms with van der Waals surface area (Å²) in [5, 5.41) is 9.26. The van der Waals surface area contributed by atoms with Crippen LogP contribution in [0.5, 0.6) is 0 Å². The van der Waals surface area contributed by atoms with Gasteiger partial charge in [0.15, 0.2) is 5.96 Å². The second-order valence-corrected chi connectivity index (χ2v) is 5.86. The van der Waals surface area contributed by atoms with Gasteiger partial charge >= 0.3 is 0 Å². The molecule has 0 aliphatic rings. The van der Waals surface area contributed by atoms with Crippen LogP contribution in [0.4, 0.5) is 4.39 Å². The van der Waals surface area contributed by atoms with Gasteiger partial charge in [-0.25, -0.2) is 4.39 Å². The van der Waals surface area contributed by atoms with Gasteiger partial charge in [0.05, 0.1) is 0 Å². The van der Waals surface area contributed by atoms with Crippen molar-refractivity contribution in [3.05, 3.63) is 71.0 Å². The van der Waals surface area contributed by atoms with Gasteiger partial charge in [-0.3, -0.25) is 9.79 Å². The summed E-state index contributed by atoms with van der Waals surface area (Å²) in [6.07, 6.45) is 0.906. The Morgan fingerprint density at radius 3 is 2.35 bits per heavy atom. The molecule has 0 radical (unpaired) electrons. The van der Waals surface area contributed by atoms with Crippen molar-refractivity contribution >= 4 is 11.9 Å². The molecule has 2 aromatic carbocycles. The molecule has 2 rings (SSSR count). The fraction of sp³-hybridized carbons (Fsp3) is 0.300. The van der Waals surface area contributed by atoms with E-state index in [0.717, 1.165) is 17.5 Å². The monoisotopic (exact) mass is 356 g/mol. The number of hydrogen-bond donors (Lipinski definition) is 3. The molecule has 0 aliphatic carbocycles. The van der Waals surface area contributed by atoms with E-state index in [2.05, 4.69) is 20.9 Å². The van der Waals surface area contributed by atoms with Gasteiger partial charge in [-0.2, -0.15) is 0 Å². The molecule has 0 aliphatic heterocycles. The Bertz CT molecular complexity index is 744. The molecular weight excluding hydrogens is 331 g/mol. The average Bonchev–Trinajstić information content (AvgIpc) is 2.67. The number of halogens is 1. The molecule has 0 aromatic heterocycles. The van der Waals surface area contributed by atoms with E-state index in [9.17, 15) is 9.18 Å². The summed E-state index contributed by atoms with van der Waals surface area (Å²) in [4.78, 5) is 16.2. The predicted molar refractivity (Wildman–Crippen MR) is 103 cm³/mol. The molecule has 0 atom stereocenters. The number of benzene rings is 2. The largest absolute Gasteiger partial charge is 0.352 e. The standard InChI is InChI=1S/C20H25FN4O/c1-3-11-23-19(26)17-6-4-5-16(12-17)14-25-20(22-2)24-13-15-7-9-18(21)10-8-15/h4-10,12H,3,11,13-14H2,1-2H3,(H,23,26)(H2,22,24,25). The number of carbonyl (C=O) groups is 1. The van der Waals surface area contributed by atoms with E-state index < -0.39 is 0 Å². The second-order valence-electron chi connectivity index (χ2n) is 5.86. The Morgan fingerprint density at radius 2 is 1.69 bits per heavy atom. The van der Waals surface area contributed by atoms with E-state index in [1.807, 2.05) is 25.1 Å². The number of nitrogens with one attached hydrogen (secondary N) is 3. The lowest BCUT2D eigenvalue weighted by Crippen LogP contribution is -2.36. The molecular formula is C20H25FN4O. The third-order valence-corrected chi connectivity index (χ3v) is 3.78. The zero-order chi connectivity index (χ0) is 18.8. The highest BCUT2D eigenvalue weighted by Gasteiger charge is 2.06. The zero-order valence-electron chi connectivity index (χ0n) is 15.2. The van der Waals surface area contributed by atoms with E-state index in [-0.39, 0.29) is 11.7 Å². The summed E-state index contributed by atoms with van der Waals surface area (Å²) >= 11 is 0. The molecule has 138 valence electrons. The minimum absolute atomic E-state index is 0.0625. The lowest BCUT2D eigenvalue weighted by molar-refractivity contribution is 0.0953. The SMILES string of the molecule is CCCNC(=O)c1cccc(CNC(=NC)NCc2ccc(F)cc2)c1. The van der Waals surface area contributed by atoms with Gasteiger partial charge < -0.3 is 16.0 Å². The number of guanidine groups is 1. The van der Waals surface area contributed by atoms with Gasteiger partial charge in [0.2, 0.25) is 0 Å². The third kappa shape index (κ3) is 6.20. The van der Waals surface area contributed by atoms with E-state index in [1.54, 1.807) is 25.2 Å². The first kappa shape index (κ1) is 19.4. The fourth-order valence-corrected chi connectivity index (χ4v) is 2.36. The highest BCUT2D eigenvalue weighted by Crippen LogP contribution is 2.06. The van der Waals surface area contributed by atoms with E-state index >= 15 is 0 Å². The van der Waals surface area contributed by atoms with Gasteiger partial charge in [0.25, 0.3) is 5.91 Å². The van der Waals surface area contributed by atoms with Crippen molar-refractivity contribution in [1.82, 2.24) is 16.0 Å². The van der Waals surface area contributed by atoms with Crippen LogP contribution in [0, 0.1) is 5.82 Å². The molecule has 5 nitrogen and oxygen atoms in total. The minimum atomic E-state index is -0.251. The van der Waals surface area contributed by atoms with Gasteiger partial charge in [-0.1, -0.05) is 31.2 Å². The molecule has 26 heavy (non-hydrogen) atoms. The molecule has 6 heteroatoms. The summed E-state index contributed by atoms with van der Waals surface area (Å²) in [6.45, 7) is 3.77. The molecule has 0 saturated heterocycles. The van der Waals surface area contributed by atoms with Gasteiger partial charge in [-0.05, 0) is 41.8 Å². The van der Waals surface area contributed by atoms with E-state index in [4.69, 9.17) is 0 Å². The summed E-state index contributed by atoms with van der Waals surface area (Å²) in [7, 11) is 1.69. The Morgan fingerprint density at radius 1 is 1.00 bits per heavy atom. The highest BCUT2D eigenvalue weighted by atomic mass is 19.1. The van der Waals surface area contributed by atoms with Crippen LogP contribution >= 0.6 is 0 Å². The average molecular weight is 356 g/mol. The molecule has 0 spiro atoms. The number of hydrogen-bond acceptors (Lipinski definition) is 2. The van der Waals surface area contributed by atoms with Crippen LogP contribution in [0.2, 0.25) is 0 Å². The minimum Gasteiger partial charge on any atom is -0.352 e. The molecule has 2 aromatic rings. The maximum atomic E-state index is 12.9. The molecule has 0 heterocycles. The van der Waals surface area contributed by atoms with Gasteiger partial charge in [0, 0.05) is 32.2 Å². The summed E-state index contributed by atoms with van der Waals surface area (Å²) in [5.74, 6) is 0.321.